The molecule has 1 N–H and O–H groups in total. The summed E-state index contributed by atoms with van der Waals surface area (Å²) in [4.78, 5) is 21.5. The Morgan fingerprint density at radius 1 is 1.16 bits per heavy atom. The molecule has 0 spiro atoms. The van der Waals surface area contributed by atoms with E-state index in [0.717, 1.165) is 41.3 Å². The van der Waals surface area contributed by atoms with Crippen LogP contribution in [-0.4, -0.2) is 38.8 Å². The number of hydrogen-bond donors (Lipinski definition) is 1. The minimum absolute atomic E-state index is 0.0537. The lowest BCUT2D eigenvalue weighted by Crippen LogP contribution is -2.42. The molecule has 0 radical (unpaired) electrons. The van der Waals surface area contributed by atoms with Crippen LogP contribution in [0.2, 0.25) is 0 Å². The van der Waals surface area contributed by atoms with Gasteiger partial charge in [-0.3, -0.25) is 4.79 Å². The standard InChI is InChI=1S/C24H29N5O3/c1-16-19(17(2)29-23(28-16)26-14-27-29)7-9-22(30)25-13-24(10-4-3-5-11-24)18-6-8-20-21(12-18)32-15-31-20/h6,8,12,14H,3-5,7,9-11,13,15H2,1-2H3,(H,25,30). The van der Waals surface area contributed by atoms with Crippen molar-refractivity contribution in [2.75, 3.05) is 13.3 Å². The summed E-state index contributed by atoms with van der Waals surface area (Å²) in [5.74, 6) is 2.26. The minimum Gasteiger partial charge on any atom is -0.454 e. The number of aromatic nitrogens is 4. The highest BCUT2D eigenvalue weighted by molar-refractivity contribution is 5.76. The number of hydrogen-bond acceptors (Lipinski definition) is 6. The third kappa shape index (κ3) is 3.78. The third-order valence-electron chi connectivity index (χ3n) is 7.01. The van der Waals surface area contributed by atoms with E-state index in [-0.39, 0.29) is 18.1 Å². The van der Waals surface area contributed by atoms with Crippen molar-refractivity contribution in [3.05, 3.63) is 47.0 Å². The van der Waals surface area contributed by atoms with Gasteiger partial charge in [0, 0.05) is 29.8 Å². The monoisotopic (exact) mass is 435 g/mol. The molecule has 32 heavy (non-hydrogen) atoms. The number of rotatable bonds is 6. The van der Waals surface area contributed by atoms with Gasteiger partial charge in [0.1, 0.15) is 6.33 Å². The van der Waals surface area contributed by atoms with Crippen LogP contribution in [0, 0.1) is 13.8 Å². The summed E-state index contributed by atoms with van der Waals surface area (Å²) in [5, 5.41) is 7.47. The Balaban J connectivity index is 1.27. The largest absolute Gasteiger partial charge is 0.454 e. The fourth-order valence-electron chi connectivity index (χ4n) is 5.13. The van der Waals surface area contributed by atoms with Crippen molar-refractivity contribution >= 4 is 11.7 Å². The van der Waals surface area contributed by atoms with E-state index in [1.165, 1.54) is 31.2 Å². The predicted octanol–water partition coefficient (Wildman–Crippen LogP) is 3.42. The number of ether oxygens (including phenoxy) is 2. The first kappa shape index (κ1) is 20.7. The van der Waals surface area contributed by atoms with Crippen LogP contribution in [0.4, 0.5) is 0 Å². The molecule has 2 aromatic heterocycles. The maximum Gasteiger partial charge on any atom is 0.252 e. The van der Waals surface area contributed by atoms with Gasteiger partial charge in [0.25, 0.3) is 5.78 Å². The van der Waals surface area contributed by atoms with Gasteiger partial charge in [-0.1, -0.05) is 25.3 Å². The summed E-state index contributed by atoms with van der Waals surface area (Å²) < 4.78 is 12.8. The van der Waals surface area contributed by atoms with Gasteiger partial charge in [0.15, 0.2) is 11.5 Å². The molecule has 0 unspecified atom stereocenters. The van der Waals surface area contributed by atoms with Gasteiger partial charge in [0.05, 0.1) is 0 Å². The van der Waals surface area contributed by atoms with Crippen LogP contribution < -0.4 is 14.8 Å². The molecule has 3 heterocycles. The van der Waals surface area contributed by atoms with Crippen molar-refractivity contribution in [1.82, 2.24) is 24.9 Å². The van der Waals surface area contributed by atoms with Crippen LogP contribution in [0.5, 0.6) is 11.5 Å². The summed E-state index contributed by atoms with van der Waals surface area (Å²) in [7, 11) is 0. The maximum absolute atomic E-state index is 12.8. The lowest BCUT2D eigenvalue weighted by molar-refractivity contribution is -0.121. The Morgan fingerprint density at radius 3 is 2.81 bits per heavy atom. The van der Waals surface area contributed by atoms with Crippen LogP contribution in [0.1, 0.15) is 61.0 Å². The molecule has 168 valence electrons. The van der Waals surface area contributed by atoms with Gasteiger partial charge >= 0.3 is 0 Å². The molecular weight excluding hydrogens is 406 g/mol. The van der Waals surface area contributed by atoms with Crippen molar-refractivity contribution in [2.24, 2.45) is 0 Å². The second kappa shape index (κ2) is 8.41. The van der Waals surface area contributed by atoms with Crippen molar-refractivity contribution in [1.29, 1.82) is 0 Å². The fourth-order valence-corrected chi connectivity index (χ4v) is 5.13. The molecule has 3 aromatic rings. The number of carbonyl (C=O) groups excluding carboxylic acids is 1. The highest BCUT2D eigenvalue weighted by Gasteiger charge is 2.35. The van der Waals surface area contributed by atoms with Crippen molar-refractivity contribution < 1.29 is 14.3 Å². The summed E-state index contributed by atoms with van der Waals surface area (Å²) >= 11 is 0. The van der Waals surface area contributed by atoms with Gasteiger partial charge in [-0.2, -0.15) is 10.1 Å². The van der Waals surface area contributed by atoms with E-state index in [0.29, 0.717) is 25.2 Å². The predicted molar refractivity (Wildman–Crippen MR) is 119 cm³/mol. The molecule has 0 atom stereocenters. The van der Waals surface area contributed by atoms with Gasteiger partial charge in [-0.05, 0) is 56.4 Å². The van der Waals surface area contributed by atoms with Gasteiger partial charge in [0.2, 0.25) is 12.7 Å². The summed E-state index contributed by atoms with van der Waals surface area (Å²) in [5.41, 5.74) is 4.12. The van der Waals surface area contributed by atoms with Crippen LogP contribution in [0.3, 0.4) is 0 Å². The van der Waals surface area contributed by atoms with Crippen LogP contribution in [-0.2, 0) is 16.6 Å². The Hall–Kier alpha value is -3.16. The van der Waals surface area contributed by atoms with Crippen LogP contribution in [0.15, 0.2) is 24.5 Å². The van der Waals surface area contributed by atoms with Crippen LogP contribution in [0.25, 0.3) is 5.78 Å². The first-order chi connectivity index (χ1) is 15.6. The van der Waals surface area contributed by atoms with Crippen molar-refractivity contribution in [3.8, 4) is 11.5 Å². The molecule has 5 rings (SSSR count). The molecule has 1 aliphatic carbocycles. The lowest BCUT2D eigenvalue weighted by atomic mass is 9.69. The Labute approximate surface area is 187 Å². The zero-order valence-corrected chi connectivity index (χ0v) is 18.7. The number of carbonyl (C=O) groups is 1. The first-order valence-corrected chi connectivity index (χ1v) is 11.4. The number of benzene rings is 1. The second-order valence-corrected chi connectivity index (χ2v) is 8.92. The summed E-state index contributed by atoms with van der Waals surface area (Å²) in [6.45, 7) is 4.88. The molecule has 8 nitrogen and oxygen atoms in total. The molecule has 0 saturated heterocycles. The maximum atomic E-state index is 12.8. The number of nitrogens with zero attached hydrogens (tertiary/aromatic N) is 4. The normalized spacial score (nSPS) is 16.9. The van der Waals surface area contributed by atoms with Gasteiger partial charge < -0.3 is 14.8 Å². The summed E-state index contributed by atoms with van der Waals surface area (Å²) in [6, 6.07) is 6.23. The molecule has 1 aliphatic heterocycles. The quantitative estimate of drug-likeness (QED) is 0.638. The van der Waals surface area contributed by atoms with Crippen LogP contribution >= 0.6 is 0 Å². The van der Waals surface area contributed by atoms with Gasteiger partial charge in [-0.25, -0.2) is 9.50 Å². The number of fused-ring (bicyclic) bond motifs is 2. The Bertz CT molecular complexity index is 1150. The highest BCUT2D eigenvalue weighted by Crippen LogP contribution is 2.43. The molecule has 1 saturated carbocycles. The van der Waals surface area contributed by atoms with E-state index in [1.54, 1.807) is 4.52 Å². The SMILES string of the molecule is Cc1nc2ncnn2c(C)c1CCC(=O)NCC1(c2ccc3c(c2)OCO3)CCCCC1. The lowest BCUT2D eigenvalue weighted by Gasteiger charge is -2.38. The average molecular weight is 436 g/mol. The van der Waals surface area contributed by atoms with Gasteiger partial charge in [-0.15, -0.1) is 0 Å². The summed E-state index contributed by atoms with van der Waals surface area (Å²) in [6.07, 6.45) is 8.28. The van der Waals surface area contributed by atoms with E-state index >= 15 is 0 Å². The zero-order chi connectivity index (χ0) is 22.1. The topological polar surface area (TPSA) is 90.6 Å². The van der Waals surface area contributed by atoms with E-state index < -0.39 is 0 Å². The third-order valence-corrected chi connectivity index (χ3v) is 7.01. The minimum atomic E-state index is -0.0537. The zero-order valence-electron chi connectivity index (χ0n) is 18.7. The number of aryl methyl sites for hydroxylation is 2. The smallest absolute Gasteiger partial charge is 0.252 e. The number of nitrogens with one attached hydrogen (secondary N) is 1. The Kier molecular flexibility index (Phi) is 5.45. The van der Waals surface area contributed by atoms with E-state index in [2.05, 4.69) is 32.5 Å². The Morgan fingerprint density at radius 2 is 1.97 bits per heavy atom. The van der Waals surface area contributed by atoms with E-state index in [9.17, 15) is 4.79 Å². The molecule has 2 aliphatic rings. The molecule has 1 aromatic carbocycles. The highest BCUT2D eigenvalue weighted by atomic mass is 16.7. The van der Waals surface area contributed by atoms with Crippen molar-refractivity contribution in [3.63, 3.8) is 0 Å². The molecule has 0 bridgehead atoms. The average Bonchev–Trinajstić information content (AvgIpc) is 3.47. The molecular formula is C24H29N5O3. The number of amides is 1. The van der Waals surface area contributed by atoms with E-state index in [1.807, 2.05) is 19.9 Å². The molecule has 8 heteroatoms. The van der Waals surface area contributed by atoms with E-state index in [4.69, 9.17) is 9.47 Å². The second-order valence-electron chi connectivity index (χ2n) is 8.92. The molecule has 1 fully saturated rings. The fraction of sp³-hybridized carbons (Fsp3) is 0.500. The first-order valence-electron chi connectivity index (χ1n) is 11.4. The van der Waals surface area contributed by atoms with Crippen molar-refractivity contribution in [2.45, 2.75) is 64.2 Å². The molecule has 1 amide bonds.